The minimum absolute atomic E-state index is 0. The number of carbonyl (C=O) groups is 1. The van der Waals surface area contributed by atoms with E-state index in [1.54, 1.807) is 48.7 Å². The van der Waals surface area contributed by atoms with Gasteiger partial charge in [0.2, 0.25) is 0 Å². The molecule has 0 aliphatic rings. The van der Waals surface area contributed by atoms with E-state index in [0.29, 0.717) is 54.6 Å². The number of aryl methyl sites for hydroxylation is 1. The number of carbonyl (C=O) groups excluding carboxylic acids is 1. The van der Waals surface area contributed by atoms with Crippen LogP contribution in [-0.4, -0.2) is 24.3 Å². The van der Waals surface area contributed by atoms with Gasteiger partial charge in [-0.15, -0.1) is 0 Å². The summed E-state index contributed by atoms with van der Waals surface area (Å²) < 4.78 is 23.5. The maximum Gasteiger partial charge on any atom is 1.00 e. The molecule has 1 aromatic heterocycles. The number of rotatable bonds is 13. The Morgan fingerprint density at radius 3 is 2.31 bits per heavy atom. The molecule has 0 spiro atoms. The molecule has 0 fully saturated rings. The fraction of sp³-hybridized carbons (Fsp3) is 0.258. The van der Waals surface area contributed by atoms with Crippen LogP contribution in [0.1, 0.15) is 48.2 Å². The molecule has 0 unspecified atom stereocenters. The summed E-state index contributed by atoms with van der Waals surface area (Å²) in [6.07, 6.45) is 4.50. The van der Waals surface area contributed by atoms with Crippen molar-refractivity contribution in [1.82, 2.24) is 0 Å². The molecule has 8 heteroatoms. The molecule has 0 saturated carbocycles. The van der Waals surface area contributed by atoms with Gasteiger partial charge < -0.3 is 33.6 Å². The Morgan fingerprint density at radius 1 is 0.897 bits per heavy atom. The average Bonchev–Trinajstić information content (AvgIpc) is 3.45. The Labute approximate surface area is 250 Å². The quantitative estimate of drug-likeness (QED) is 0.206. The molecule has 0 aliphatic carbocycles. The van der Waals surface area contributed by atoms with Gasteiger partial charge in [-0.3, -0.25) is 0 Å². The predicted octanol–water partition coefficient (Wildman–Crippen LogP) is 3.17. The number of carboxylic acid groups (broad SMARTS) is 1. The van der Waals surface area contributed by atoms with Gasteiger partial charge in [0.05, 0.1) is 31.0 Å². The SMILES string of the molecule is CCCc1c(OCCCOc2cc(O)c(-c3ccco3)cc2CC)cccc1Oc1ccccc1C(=O)[O-].[Na+]. The number of hydrogen-bond donors (Lipinski definition) is 1. The Morgan fingerprint density at radius 2 is 1.62 bits per heavy atom. The van der Waals surface area contributed by atoms with Crippen LogP contribution in [0.4, 0.5) is 0 Å². The Hall–Kier alpha value is -3.39. The van der Waals surface area contributed by atoms with Gasteiger partial charge in [0, 0.05) is 23.6 Å². The van der Waals surface area contributed by atoms with Gasteiger partial charge in [-0.25, -0.2) is 0 Å². The molecule has 4 rings (SSSR count). The number of aromatic hydroxyl groups is 1. The van der Waals surface area contributed by atoms with Gasteiger partial charge in [0.1, 0.15) is 34.5 Å². The summed E-state index contributed by atoms with van der Waals surface area (Å²) in [7, 11) is 0. The summed E-state index contributed by atoms with van der Waals surface area (Å²) in [6.45, 7) is 4.91. The zero-order valence-electron chi connectivity index (χ0n) is 22.6. The second-order valence-corrected chi connectivity index (χ2v) is 8.73. The number of benzene rings is 3. The molecule has 198 valence electrons. The standard InChI is InChI=1S/C31H32O7.Na/c1-3-10-22-26(13-7-14-28(22)38-29-12-6-5-11-23(29)31(33)34)36-17-9-18-37-30-20-25(32)24(19-21(30)4-2)27-15-8-16-35-27;/h5-8,11-16,19-20,32H,3-4,9-10,17-18H2,1-2H3,(H,33,34);/q;+1/p-1. The van der Waals surface area contributed by atoms with Crippen LogP contribution in [0.3, 0.4) is 0 Å². The Balaban J connectivity index is 0.00000420. The summed E-state index contributed by atoms with van der Waals surface area (Å²) >= 11 is 0. The van der Waals surface area contributed by atoms with E-state index < -0.39 is 5.97 Å². The number of para-hydroxylation sites is 1. The number of carboxylic acids is 1. The van der Waals surface area contributed by atoms with Gasteiger partial charge in [0.15, 0.2) is 0 Å². The van der Waals surface area contributed by atoms with Crippen LogP contribution in [0.2, 0.25) is 0 Å². The zero-order chi connectivity index (χ0) is 26.9. The minimum atomic E-state index is -1.29. The fourth-order valence-corrected chi connectivity index (χ4v) is 4.19. The van der Waals surface area contributed by atoms with E-state index >= 15 is 0 Å². The normalized spacial score (nSPS) is 10.5. The summed E-state index contributed by atoms with van der Waals surface area (Å²) in [5.41, 5.74) is 2.47. The molecule has 1 heterocycles. The van der Waals surface area contributed by atoms with E-state index in [4.69, 9.17) is 18.6 Å². The monoisotopic (exact) mass is 538 g/mol. The number of hydrogen-bond acceptors (Lipinski definition) is 7. The molecule has 4 aromatic rings. The summed E-state index contributed by atoms with van der Waals surface area (Å²) in [4.78, 5) is 11.5. The molecule has 0 saturated heterocycles. The largest absolute Gasteiger partial charge is 1.00 e. The third-order valence-electron chi connectivity index (χ3n) is 6.07. The van der Waals surface area contributed by atoms with Gasteiger partial charge in [0.25, 0.3) is 0 Å². The van der Waals surface area contributed by atoms with E-state index in [2.05, 4.69) is 6.92 Å². The van der Waals surface area contributed by atoms with Crippen molar-refractivity contribution in [3.05, 3.63) is 89.7 Å². The molecule has 3 aromatic carbocycles. The number of phenolic OH excluding ortho intramolecular Hbond substituents is 1. The molecular weight excluding hydrogens is 507 g/mol. The van der Waals surface area contributed by atoms with E-state index in [0.717, 1.165) is 24.0 Å². The van der Waals surface area contributed by atoms with Crippen molar-refractivity contribution < 1.29 is 63.2 Å². The van der Waals surface area contributed by atoms with Crippen LogP contribution < -0.4 is 48.9 Å². The third kappa shape index (κ3) is 7.60. The van der Waals surface area contributed by atoms with E-state index in [1.165, 1.54) is 6.07 Å². The number of phenols is 1. The van der Waals surface area contributed by atoms with Crippen molar-refractivity contribution in [3.63, 3.8) is 0 Å². The number of furan rings is 1. The average molecular weight is 539 g/mol. The van der Waals surface area contributed by atoms with E-state index in [9.17, 15) is 15.0 Å². The van der Waals surface area contributed by atoms with Gasteiger partial charge in [-0.1, -0.05) is 38.5 Å². The Kier molecular flexibility index (Phi) is 11.3. The third-order valence-corrected chi connectivity index (χ3v) is 6.07. The van der Waals surface area contributed by atoms with Crippen LogP contribution in [0, 0.1) is 0 Å². The van der Waals surface area contributed by atoms with Crippen LogP contribution >= 0.6 is 0 Å². The molecule has 0 bridgehead atoms. The maximum absolute atomic E-state index is 11.5. The fourth-order valence-electron chi connectivity index (χ4n) is 4.19. The second-order valence-electron chi connectivity index (χ2n) is 8.73. The molecule has 1 N–H and O–H groups in total. The smallest absolute Gasteiger partial charge is 0.545 e. The molecule has 0 amide bonds. The Bertz CT molecular complexity index is 1370. The van der Waals surface area contributed by atoms with Crippen molar-refractivity contribution in [2.24, 2.45) is 0 Å². The van der Waals surface area contributed by atoms with Gasteiger partial charge in [-0.05, 0) is 60.9 Å². The maximum atomic E-state index is 11.5. The molecular formula is C31H31NaO7. The molecule has 39 heavy (non-hydrogen) atoms. The summed E-state index contributed by atoms with van der Waals surface area (Å²) in [6, 6.07) is 19.0. The van der Waals surface area contributed by atoms with Crippen molar-refractivity contribution in [2.45, 2.75) is 39.5 Å². The molecule has 7 nitrogen and oxygen atoms in total. The second kappa shape index (κ2) is 14.7. The number of ether oxygens (including phenoxy) is 3. The first-order valence-electron chi connectivity index (χ1n) is 12.8. The first-order chi connectivity index (χ1) is 18.5. The summed E-state index contributed by atoms with van der Waals surface area (Å²) in [5.74, 6) is 1.51. The van der Waals surface area contributed by atoms with Crippen molar-refractivity contribution in [3.8, 4) is 40.1 Å². The first-order valence-corrected chi connectivity index (χ1v) is 12.8. The number of aromatic carboxylic acids is 1. The van der Waals surface area contributed by atoms with Crippen molar-refractivity contribution >= 4 is 5.97 Å². The van der Waals surface area contributed by atoms with Crippen LogP contribution in [0.5, 0.6) is 28.7 Å². The summed E-state index contributed by atoms with van der Waals surface area (Å²) in [5, 5.41) is 22.0. The molecule has 0 radical (unpaired) electrons. The van der Waals surface area contributed by atoms with Crippen LogP contribution in [0.15, 0.2) is 77.4 Å². The first kappa shape index (κ1) is 30.2. The predicted molar refractivity (Wildman–Crippen MR) is 142 cm³/mol. The minimum Gasteiger partial charge on any atom is -0.545 e. The van der Waals surface area contributed by atoms with E-state index in [1.807, 2.05) is 25.1 Å². The van der Waals surface area contributed by atoms with Crippen molar-refractivity contribution in [2.75, 3.05) is 13.2 Å². The van der Waals surface area contributed by atoms with Gasteiger partial charge >= 0.3 is 29.6 Å². The van der Waals surface area contributed by atoms with E-state index in [-0.39, 0.29) is 46.6 Å². The van der Waals surface area contributed by atoms with Crippen LogP contribution in [0.25, 0.3) is 11.3 Å². The molecule has 0 aliphatic heterocycles. The van der Waals surface area contributed by atoms with Gasteiger partial charge in [-0.2, -0.15) is 0 Å². The topological polar surface area (TPSA) is 101 Å². The van der Waals surface area contributed by atoms with Crippen LogP contribution in [-0.2, 0) is 12.8 Å². The zero-order valence-corrected chi connectivity index (χ0v) is 24.6. The van der Waals surface area contributed by atoms with Crippen molar-refractivity contribution in [1.29, 1.82) is 0 Å². The molecule has 0 atom stereocenters.